The van der Waals surface area contributed by atoms with Crippen LogP contribution in [0.25, 0.3) is 38.1 Å². The second kappa shape index (κ2) is 8.74. The first kappa shape index (κ1) is 21.3. The van der Waals surface area contributed by atoms with E-state index in [-0.39, 0.29) is 0 Å². The highest BCUT2D eigenvalue weighted by atomic mass is 32.1. The number of fused-ring (bicyclic) bond motifs is 2. The summed E-state index contributed by atoms with van der Waals surface area (Å²) in [6.45, 7) is 9.36. The van der Waals surface area contributed by atoms with Crippen LogP contribution in [0.2, 0.25) is 0 Å². The van der Waals surface area contributed by atoms with E-state index in [1.807, 2.05) is 64.1 Å². The van der Waals surface area contributed by atoms with E-state index in [4.69, 9.17) is 23.7 Å². The van der Waals surface area contributed by atoms with Crippen molar-refractivity contribution >= 4 is 27.3 Å². The highest BCUT2D eigenvalue weighted by Crippen LogP contribution is 2.43. The van der Waals surface area contributed by atoms with Gasteiger partial charge in [-0.2, -0.15) is 9.61 Å². The molecule has 0 saturated heterocycles. The molecule has 0 aliphatic heterocycles. The minimum atomic E-state index is 0.510. The molecular formula is C24H24N4O4S. The van der Waals surface area contributed by atoms with E-state index in [0.29, 0.717) is 53.6 Å². The quantitative estimate of drug-likeness (QED) is 0.288. The molecule has 0 saturated carbocycles. The van der Waals surface area contributed by atoms with Crippen LogP contribution in [0.4, 0.5) is 0 Å². The molecule has 0 atom stereocenters. The third-order valence-electron chi connectivity index (χ3n) is 5.19. The molecule has 0 unspecified atom stereocenters. The highest BCUT2D eigenvalue weighted by molar-refractivity contribution is 7.19. The van der Waals surface area contributed by atoms with Crippen LogP contribution in [0.3, 0.4) is 0 Å². The van der Waals surface area contributed by atoms with E-state index in [9.17, 15) is 0 Å². The fraction of sp³-hybridized carbons (Fsp3) is 0.292. The van der Waals surface area contributed by atoms with Gasteiger partial charge in [-0.3, -0.25) is 0 Å². The van der Waals surface area contributed by atoms with Gasteiger partial charge < -0.3 is 18.6 Å². The van der Waals surface area contributed by atoms with Gasteiger partial charge in [-0.25, -0.2) is 0 Å². The molecule has 0 radical (unpaired) electrons. The van der Waals surface area contributed by atoms with Gasteiger partial charge in [0, 0.05) is 16.5 Å². The van der Waals surface area contributed by atoms with E-state index in [2.05, 4.69) is 10.2 Å². The standard InChI is InChI=1S/C24H24N4O4S/c1-5-29-18-12-15(13-19(30-6-2)21(18)31-7-3)23-27-28-22(25-26-24(28)33-23)20-14(4)16-10-8-9-11-17(16)32-20/h8-13H,5-7H2,1-4H3. The van der Waals surface area contributed by atoms with Crippen molar-refractivity contribution in [2.75, 3.05) is 19.8 Å². The first-order valence-corrected chi connectivity index (χ1v) is 11.7. The van der Waals surface area contributed by atoms with Crippen LogP contribution in [0.5, 0.6) is 17.2 Å². The van der Waals surface area contributed by atoms with Crippen molar-refractivity contribution in [2.45, 2.75) is 27.7 Å². The Labute approximate surface area is 194 Å². The second-order valence-corrected chi connectivity index (χ2v) is 8.23. The van der Waals surface area contributed by atoms with Gasteiger partial charge in [-0.15, -0.1) is 10.2 Å². The Morgan fingerprint density at radius 3 is 2.30 bits per heavy atom. The number of benzene rings is 2. The number of hydrogen-bond acceptors (Lipinski definition) is 8. The summed E-state index contributed by atoms with van der Waals surface area (Å²) >= 11 is 1.44. The predicted molar refractivity (Wildman–Crippen MR) is 128 cm³/mol. The van der Waals surface area contributed by atoms with Gasteiger partial charge in [0.1, 0.15) is 10.6 Å². The zero-order valence-corrected chi connectivity index (χ0v) is 19.7. The zero-order chi connectivity index (χ0) is 22.9. The van der Waals surface area contributed by atoms with Crippen molar-refractivity contribution in [3.63, 3.8) is 0 Å². The molecule has 5 aromatic rings. The topological polar surface area (TPSA) is 83.9 Å². The highest BCUT2D eigenvalue weighted by Gasteiger charge is 2.22. The number of aromatic nitrogens is 4. The van der Waals surface area contributed by atoms with Crippen molar-refractivity contribution in [1.82, 2.24) is 19.8 Å². The molecule has 9 heteroatoms. The molecule has 3 heterocycles. The van der Waals surface area contributed by atoms with Crippen molar-refractivity contribution in [3.8, 4) is 39.4 Å². The Kier molecular flexibility index (Phi) is 5.63. The summed E-state index contributed by atoms with van der Waals surface area (Å²) in [6.07, 6.45) is 0. The average molecular weight is 465 g/mol. The number of furan rings is 1. The Hall–Kier alpha value is -3.59. The molecule has 0 spiro atoms. The van der Waals surface area contributed by atoms with Crippen molar-refractivity contribution < 1.29 is 18.6 Å². The lowest BCUT2D eigenvalue weighted by Crippen LogP contribution is -2.03. The average Bonchev–Trinajstić information content (AvgIpc) is 3.49. The smallest absolute Gasteiger partial charge is 0.235 e. The maximum atomic E-state index is 6.10. The monoisotopic (exact) mass is 464 g/mol. The first-order chi connectivity index (χ1) is 16.1. The van der Waals surface area contributed by atoms with Gasteiger partial charge in [-0.05, 0) is 45.9 Å². The van der Waals surface area contributed by atoms with E-state index < -0.39 is 0 Å². The van der Waals surface area contributed by atoms with Gasteiger partial charge in [0.25, 0.3) is 0 Å². The number of rotatable bonds is 8. The summed E-state index contributed by atoms with van der Waals surface area (Å²) in [5, 5.41) is 15.3. The molecule has 5 rings (SSSR count). The summed E-state index contributed by atoms with van der Waals surface area (Å²) in [6, 6.07) is 11.8. The van der Waals surface area contributed by atoms with E-state index in [1.54, 1.807) is 4.52 Å². The largest absolute Gasteiger partial charge is 0.490 e. The summed E-state index contributed by atoms with van der Waals surface area (Å²) in [7, 11) is 0. The Morgan fingerprint density at radius 2 is 1.64 bits per heavy atom. The maximum Gasteiger partial charge on any atom is 0.235 e. The Morgan fingerprint density at radius 1 is 0.939 bits per heavy atom. The molecule has 3 aromatic heterocycles. The molecule has 0 aliphatic rings. The third kappa shape index (κ3) is 3.68. The molecule has 0 N–H and O–H groups in total. The molecule has 8 nitrogen and oxygen atoms in total. The normalized spacial score (nSPS) is 11.4. The van der Waals surface area contributed by atoms with E-state index in [1.165, 1.54) is 11.3 Å². The molecular weight excluding hydrogens is 440 g/mol. The summed E-state index contributed by atoms with van der Waals surface area (Å²) in [5.74, 6) is 3.09. The predicted octanol–water partition coefficient (Wildman–Crippen LogP) is 5.77. The summed E-state index contributed by atoms with van der Waals surface area (Å²) < 4.78 is 25.4. The zero-order valence-electron chi connectivity index (χ0n) is 18.9. The number of para-hydroxylation sites is 1. The molecule has 33 heavy (non-hydrogen) atoms. The van der Waals surface area contributed by atoms with Crippen LogP contribution >= 0.6 is 11.3 Å². The van der Waals surface area contributed by atoms with E-state index >= 15 is 0 Å². The molecule has 0 amide bonds. The van der Waals surface area contributed by atoms with Crippen molar-refractivity contribution in [1.29, 1.82) is 0 Å². The van der Waals surface area contributed by atoms with Gasteiger partial charge in [0.2, 0.25) is 16.5 Å². The van der Waals surface area contributed by atoms with Gasteiger partial charge in [0.15, 0.2) is 17.3 Å². The molecule has 0 bridgehead atoms. The summed E-state index contributed by atoms with van der Waals surface area (Å²) in [5.41, 5.74) is 2.67. The van der Waals surface area contributed by atoms with E-state index in [0.717, 1.165) is 27.1 Å². The fourth-order valence-electron chi connectivity index (χ4n) is 3.77. The Balaban J connectivity index is 1.63. The van der Waals surface area contributed by atoms with Crippen LogP contribution in [-0.2, 0) is 0 Å². The number of aryl methyl sites for hydroxylation is 1. The lowest BCUT2D eigenvalue weighted by molar-refractivity contribution is 0.261. The second-order valence-electron chi connectivity index (χ2n) is 7.28. The van der Waals surface area contributed by atoms with Crippen LogP contribution in [0, 0.1) is 6.92 Å². The lowest BCUT2D eigenvalue weighted by Gasteiger charge is -2.16. The molecule has 0 aliphatic carbocycles. The Bertz CT molecular complexity index is 1410. The van der Waals surface area contributed by atoms with Gasteiger partial charge >= 0.3 is 0 Å². The number of hydrogen-bond donors (Lipinski definition) is 0. The van der Waals surface area contributed by atoms with Crippen LogP contribution in [0.15, 0.2) is 40.8 Å². The number of ether oxygens (including phenoxy) is 3. The third-order valence-corrected chi connectivity index (χ3v) is 6.14. The SMILES string of the molecule is CCOc1cc(-c2nn3c(-c4oc5ccccc5c4C)nnc3s2)cc(OCC)c1OCC. The molecule has 0 fully saturated rings. The summed E-state index contributed by atoms with van der Waals surface area (Å²) in [4.78, 5) is 0.671. The van der Waals surface area contributed by atoms with Crippen LogP contribution in [0.1, 0.15) is 26.3 Å². The minimum Gasteiger partial charge on any atom is -0.490 e. The lowest BCUT2D eigenvalue weighted by atomic mass is 10.1. The van der Waals surface area contributed by atoms with Crippen LogP contribution < -0.4 is 14.2 Å². The van der Waals surface area contributed by atoms with Crippen molar-refractivity contribution in [2.24, 2.45) is 0 Å². The molecule has 2 aromatic carbocycles. The maximum absolute atomic E-state index is 6.10. The van der Waals surface area contributed by atoms with Gasteiger partial charge in [-0.1, -0.05) is 29.5 Å². The van der Waals surface area contributed by atoms with Crippen LogP contribution in [-0.4, -0.2) is 39.6 Å². The fourth-order valence-corrected chi connectivity index (χ4v) is 4.60. The van der Waals surface area contributed by atoms with Crippen molar-refractivity contribution in [3.05, 3.63) is 42.0 Å². The molecule has 170 valence electrons. The number of nitrogens with zero attached hydrogens (tertiary/aromatic N) is 4. The minimum absolute atomic E-state index is 0.510. The van der Waals surface area contributed by atoms with Gasteiger partial charge in [0.05, 0.1) is 19.8 Å². The first-order valence-electron chi connectivity index (χ1n) is 10.9.